The zero-order valence-electron chi connectivity index (χ0n) is 10.4. The molecule has 0 spiro atoms. The monoisotopic (exact) mass is 255 g/mol. The zero-order chi connectivity index (χ0) is 13.0. The van der Waals surface area contributed by atoms with Gasteiger partial charge in [-0.2, -0.15) is 0 Å². The summed E-state index contributed by atoms with van der Waals surface area (Å²) in [6, 6.07) is 4.87. The first kappa shape index (κ1) is 14.0. The van der Waals surface area contributed by atoms with E-state index in [2.05, 4.69) is 18.7 Å². The second-order valence-corrected chi connectivity index (χ2v) is 5.11. The molecular weight excluding hydrogens is 238 g/mol. The summed E-state index contributed by atoms with van der Waals surface area (Å²) in [6.07, 6.45) is 0. The van der Waals surface area contributed by atoms with Crippen molar-refractivity contribution in [3.63, 3.8) is 0 Å². The average Bonchev–Trinajstić information content (AvgIpc) is 2.19. The highest BCUT2D eigenvalue weighted by Gasteiger charge is 2.09. The molecule has 1 aromatic rings. The molecule has 0 saturated carbocycles. The highest BCUT2D eigenvalue weighted by atomic mass is 35.5. The molecule has 94 valence electrons. The first-order valence-electron chi connectivity index (χ1n) is 5.60. The third-order valence-electron chi connectivity index (χ3n) is 2.42. The van der Waals surface area contributed by atoms with Crippen LogP contribution in [0, 0.1) is 5.92 Å². The molecule has 0 heterocycles. The lowest BCUT2D eigenvalue weighted by Crippen LogP contribution is -2.22. The summed E-state index contributed by atoms with van der Waals surface area (Å²) in [5.41, 5.74) is 1.19. The lowest BCUT2D eigenvalue weighted by molar-refractivity contribution is 0.0697. The van der Waals surface area contributed by atoms with Crippen molar-refractivity contribution >= 4 is 17.6 Å². The minimum absolute atomic E-state index is 0.227. The number of hydrogen-bond acceptors (Lipinski definition) is 2. The Kier molecular flexibility index (Phi) is 4.97. The molecule has 0 fully saturated rings. The van der Waals surface area contributed by atoms with Crippen molar-refractivity contribution < 1.29 is 9.90 Å². The quantitative estimate of drug-likeness (QED) is 0.879. The number of nitrogens with zero attached hydrogens (tertiary/aromatic N) is 1. The van der Waals surface area contributed by atoms with Gasteiger partial charge in [0, 0.05) is 18.1 Å². The third-order valence-corrected chi connectivity index (χ3v) is 2.77. The number of hydrogen-bond donors (Lipinski definition) is 1. The van der Waals surface area contributed by atoms with E-state index in [0.29, 0.717) is 10.9 Å². The van der Waals surface area contributed by atoms with Crippen LogP contribution in [-0.2, 0) is 6.54 Å². The van der Waals surface area contributed by atoms with Gasteiger partial charge in [0.2, 0.25) is 0 Å². The number of halogens is 1. The van der Waals surface area contributed by atoms with E-state index >= 15 is 0 Å². The van der Waals surface area contributed by atoms with Gasteiger partial charge in [-0.1, -0.05) is 31.5 Å². The molecule has 0 aliphatic rings. The first-order valence-corrected chi connectivity index (χ1v) is 5.98. The van der Waals surface area contributed by atoms with E-state index in [1.807, 2.05) is 7.05 Å². The molecule has 0 amide bonds. The van der Waals surface area contributed by atoms with Crippen molar-refractivity contribution in [1.82, 2.24) is 4.90 Å². The maximum absolute atomic E-state index is 10.8. The Bertz CT molecular complexity index is 404. The van der Waals surface area contributed by atoms with Crippen LogP contribution >= 0.6 is 11.6 Å². The van der Waals surface area contributed by atoms with Crippen LogP contribution in [0.2, 0.25) is 5.02 Å². The predicted molar refractivity (Wildman–Crippen MR) is 69.6 cm³/mol. The van der Waals surface area contributed by atoms with Crippen LogP contribution in [0.3, 0.4) is 0 Å². The standard InChI is InChI=1S/C13H18ClNO2/c1-9(2)7-15(3)8-11-5-4-10(13(16)17)6-12(11)14/h4-6,9H,7-8H2,1-3H3,(H,16,17). The topological polar surface area (TPSA) is 40.5 Å². The SMILES string of the molecule is CC(C)CN(C)Cc1ccc(C(=O)O)cc1Cl. The van der Waals surface area contributed by atoms with Gasteiger partial charge in [-0.25, -0.2) is 4.79 Å². The van der Waals surface area contributed by atoms with E-state index in [1.165, 1.54) is 6.07 Å². The third kappa shape index (κ3) is 4.36. The zero-order valence-corrected chi connectivity index (χ0v) is 11.2. The van der Waals surface area contributed by atoms with E-state index in [0.717, 1.165) is 18.7 Å². The minimum atomic E-state index is -0.950. The number of rotatable bonds is 5. The number of carboxylic acid groups (broad SMARTS) is 1. The molecule has 0 atom stereocenters. The smallest absolute Gasteiger partial charge is 0.335 e. The van der Waals surface area contributed by atoms with Gasteiger partial charge in [-0.3, -0.25) is 0 Å². The van der Waals surface area contributed by atoms with E-state index < -0.39 is 5.97 Å². The lowest BCUT2D eigenvalue weighted by Gasteiger charge is -2.19. The highest BCUT2D eigenvalue weighted by molar-refractivity contribution is 6.31. The van der Waals surface area contributed by atoms with Gasteiger partial charge in [-0.05, 0) is 30.7 Å². The number of benzene rings is 1. The molecule has 1 N–H and O–H groups in total. The molecule has 0 bridgehead atoms. The van der Waals surface area contributed by atoms with E-state index in [-0.39, 0.29) is 5.56 Å². The fraction of sp³-hybridized carbons (Fsp3) is 0.462. The largest absolute Gasteiger partial charge is 0.478 e. The fourth-order valence-electron chi connectivity index (χ4n) is 1.79. The Morgan fingerprint density at radius 1 is 1.47 bits per heavy atom. The number of aromatic carboxylic acids is 1. The second-order valence-electron chi connectivity index (χ2n) is 4.70. The molecule has 17 heavy (non-hydrogen) atoms. The Morgan fingerprint density at radius 2 is 2.12 bits per heavy atom. The Balaban J connectivity index is 2.75. The summed E-state index contributed by atoms with van der Waals surface area (Å²) in [6.45, 7) is 6.03. The summed E-state index contributed by atoms with van der Waals surface area (Å²) in [7, 11) is 2.03. The van der Waals surface area contributed by atoms with Gasteiger partial charge >= 0.3 is 5.97 Å². The lowest BCUT2D eigenvalue weighted by atomic mass is 10.1. The molecule has 1 aromatic carbocycles. The summed E-state index contributed by atoms with van der Waals surface area (Å²) < 4.78 is 0. The van der Waals surface area contributed by atoms with Crippen molar-refractivity contribution in [2.45, 2.75) is 20.4 Å². The van der Waals surface area contributed by atoms with Gasteiger partial charge in [0.25, 0.3) is 0 Å². The van der Waals surface area contributed by atoms with Crippen molar-refractivity contribution in [3.05, 3.63) is 34.3 Å². The van der Waals surface area contributed by atoms with Gasteiger partial charge in [0.1, 0.15) is 0 Å². The van der Waals surface area contributed by atoms with Crippen LogP contribution in [0.1, 0.15) is 29.8 Å². The van der Waals surface area contributed by atoms with E-state index in [9.17, 15) is 4.79 Å². The van der Waals surface area contributed by atoms with Crippen molar-refractivity contribution in [2.24, 2.45) is 5.92 Å². The minimum Gasteiger partial charge on any atom is -0.478 e. The van der Waals surface area contributed by atoms with Crippen LogP contribution in [0.15, 0.2) is 18.2 Å². The fourth-order valence-corrected chi connectivity index (χ4v) is 2.03. The molecule has 1 rings (SSSR count). The molecule has 0 aliphatic carbocycles. The number of carboxylic acids is 1. The Labute approximate surface area is 107 Å². The summed E-state index contributed by atoms with van der Waals surface area (Å²) in [5.74, 6) is -0.356. The van der Waals surface area contributed by atoms with Crippen molar-refractivity contribution in [1.29, 1.82) is 0 Å². The van der Waals surface area contributed by atoms with Gasteiger partial charge in [0.15, 0.2) is 0 Å². The summed E-state index contributed by atoms with van der Waals surface area (Å²) in [5, 5.41) is 9.35. The normalized spacial score (nSPS) is 11.2. The molecule has 0 unspecified atom stereocenters. The molecule has 0 aromatic heterocycles. The molecule has 0 aliphatic heterocycles. The maximum Gasteiger partial charge on any atom is 0.335 e. The number of carbonyl (C=O) groups is 1. The van der Waals surface area contributed by atoms with Crippen LogP contribution in [0.5, 0.6) is 0 Å². The molecular formula is C13H18ClNO2. The highest BCUT2D eigenvalue weighted by Crippen LogP contribution is 2.19. The summed E-state index contributed by atoms with van der Waals surface area (Å²) >= 11 is 6.06. The van der Waals surface area contributed by atoms with E-state index in [4.69, 9.17) is 16.7 Å². The molecule has 3 nitrogen and oxygen atoms in total. The van der Waals surface area contributed by atoms with E-state index in [1.54, 1.807) is 12.1 Å². The predicted octanol–water partition coefficient (Wildman–Crippen LogP) is 3.13. The maximum atomic E-state index is 10.8. The molecule has 0 radical (unpaired) electrons. The van der Waals surface area contributed by atoms with Crippen LogP contribution in [0.25, 0.3) is 0 Å². The molecule has 4 heteroatoms. The van der Waals surface area contributed by atoms with Crippen LogP contribution in [-0.4, -0.2) is 29.6 Å². The Morgan fingerprint density at radius 3 is 2.59 bits per heavy atom. The first-order chi connectivity index (χ1) is 7.90. The molecule has 0 saturated heterocycles. The van der Waals surface area contributed by atoms with Gasteiger partial charge in [-0.15, -0.1) is 0 Å². The van der Waals surface area contributed by atoms with Crippen molar-refractivity contribution in [2.75, 3.05) is 13.6 Å². The van der Waals surface area contributed by atoms with Gasteiger partial charge in [0.05, 0.1) is 5.56 Å². The van der Waals surface area contributed by atoms with Crippen molar-refractivity contribution in [3.8, 4) is 0 Å². The summed E-state index contributed by atoms with van der Waals surface area (Å²) in [4.78, 5) is 12.9. The Hall–Kier alpha value is -1.06. The van der Waals surface area contributed by atoms with Crippen LogP contribution in [0.4, 0.5) is 0 Å². The average molecular weight is 256 g/mol. The second kappa shape index (κ2) is 6.03. The van der Waals surface area contributed by atoms with Crippen LogP contribution < -0.4 is 0 Å². The van der Waals surface area contributed by atoms with Gasteiger partial charge < -0.3 is 10.0 Å².